The number of hydrogen-bond acceptors (Lipinski definition) is 4. The van der Waals surface area contributed by atoms with Crippen molar-refractivity contribution in [2.24, 2.45) is 5.41 Å². The molecule has 0 atom stereocenters. The molecule has 0 radical (unpaired) electrons. The first kappa shape index (κ1) is 14.7. The molecule has 0 saturated heterocycles. The van der Waals surface area contributed by atoms with E-state index in [4.69, 9.17) is 0 Å². The van der Waals surface area contributed by atoms with Crippen LogP contribution in [0.15, 0.2) is 18.2 Å². The van der Waals surface area contributed by atoms with E-state index >= 15 is 0 Å². The molecule has 0 aromatic heterocycles. The molecule has 0 unspecified atom stereocenters. The van der Waals surface area contributed by atoms with Gasteiger partial charge in [0.05, 0.1) is 12.7 Å². The molecule has 1 aromatic rings. The van der Waals surface area contributed by atoms with Crippen molar-refractivity contribution in [2.75, 3.05) is 7.11 Å². The summed E-state index contributed by atoms with van der Waals surface area (Å²) in [5.41, 5.74) is 1.57. The van der Waals surface area contributed by atoms with E-state index < -0.39 is 13.1 Å². The van der Waals surface area contributed by atoms with Crippen LogP contribution in [0.25, 0.3) is 0 Å². The summed E-state index contributed by atoms with van der Waals surface area (Å²) in [4.78, 5) is 11.5. The van der Waals surface area contributed by atoms with Gasteiger partial charge >= 0.3 is 13.1 Å². The van der Waals surface area contributed by atoms with Crippen LogP contribution in [0.2, 0.25) is 0 Å². The molecular formula is C13H19BO4. The zero-order valence-corrected chi connectivity index (χ0v) is 11.2. The second-order valence-electron chi connectivity index (χ2n) is 5.57. The van der Waals surface area contributed by atoms with Crippen LogP contribution in [0.5, 0.6) is 0 Å². The van der Waals surface area contributed by atoms with Crippen LogP contribution in [0.3, 0.4) is 0 Å². The first-order chi connectivity index (χ1) is 8.23. The Labute approximate surface area is 108 Å². The van der Waals surface area contributed by atoms with E-state index in [9.17, 15) is 14.8 Å². The van der Waals surface area contributed by atoms with Gasteiger partial charge in [-0.3, -0.25) is 0 Å². The molecule has 0 saturated carbocycles. The highest BCUT2D eigenvalue weighted by Crippen LogP contribution is 2.20. The third-order valence-electron chi connectivity index (χ3n) is 2.47. The predicted molar refractivity (Wildman–Crippen MR) is 70.8 cm³/mol. The average molecular weight is 250 g/mol. The Hall–Kier alpha value is -1.33. The maximum absolute atomic E-state index is 11.5. The van der Waals surface area contributed by atoms with E-state index in [1.807, 2.05) is 0 Å². The molecule has 0 aliphatic carbocycles. The van der Waals surface area contributed by atoms with E-state index in [1.54, 1.807) is 12.1 Å². The van der Waals surface area contributed by atoms with E-state index in [1.165, 1.54) is 13.2 Å². The fourth-order valence-corrected chi connectivity index (χ4v) is 1.82. The maximum atomic E-state index is 11.5. The summed E-state index contributed by atoms with van der Waals surface area (Å²) in [5, 5.41) is 18.5. The van der Waals surface area contributed by atoms with Crippen molar-refractivity contribution in [1.82, 2.24) is 0 Å². The quantitative estimate of drug-likeness (QED) is 0.613. The summed E-state index contributed by atoms with van der Waals surface area (Å²) in [7, 11) is -0.290. The number of carbonyl (C=O) groups excluding carboxylic acids is 1. The summed E-state index contributed by atoms with van der Waals surface area (Å²) >= 11 is 0. The highest BCUT2D eigenvalue weighted by Gasteiger charge is 2.19. The number of methoxy groups -OCH3 is 1. The SMILES string of the molecule is COC(=O)c1cc(CC(C)(C)C)cc(B(O)O)c1. The van der Waals surface area contributed by atoms with Gasteiger partial charge in [-0.2, -0.15) is 0 Å². The summed E-state index contributed by atoms with van der Waals surface area (Å²) < 4.78 is 4.65. The van der Waals surface area contributed by atoms with Crippen LogP contribution in [0.4, 0.5) is 0 Å². The highest BCUT2D eigenvalue weighted by molar-refractivity contribution is 6.58. The molecule has 98 valence electrons. The molecule has 0 aliphatic heterocycles. The molecule has 0 aliphatic rings. The fraction of sp³-hybridized carbons (Fsp3) is 0.462. The molecule has 4 nitrogen and oxygen atoms in total. The van der Waals surface area contributed by atoms with E-state index in [0.717, 1.165) is 12.0 Å². The van der Waals surface area contributed by atoms with E-state index in [0.29, 0.717) is 11.0 Å². The molecular weight excluding hydrogens is 231 g/mol. The Bertz CT molecular complexity index is 435. The van der Waals surface area contributed by atoms with Crippen LogP contribution >= 0.6 is 0 Å². The second kappa shape index (κ2) is 5.54. The normalized spacial score (nSPS) is 11.2. The van der Waals surface area contributed by atoms with Gasteiger partial charge in [0.1, 0.15) is 0 Å². The van der Waals surface area contributed by atoms with Crippen molar-refractivity contribution >= 4 is 18.6 Å². The average Bonchev–Trinajstić information content (AvgIpc) is 2.25. The van der Waals surface area contributed by atoms with Crippen LogP contribution in [-0.2, 0) is 11.2 Å². The molecule has 0 fully saturated rings. The zero-order chi connectivity index (χ0) is 13.9. The van der Waals surface area contributed by atoms with Gasteiger partial charge in [-0.05, 0) is 35.0 Å². The zero-order valence-electron chi connectivity index (χ0n) is 11.2. The number of rotatable bonds is 3. The lowest BCUT2D eigenvalue weighted by Gasteiger charge is -2.19. The lowest BCUT2D eigenvalue weighted by atomic mass is 9.77. The first-order valence-corrected chi connectivity index (χ1v) is 5.81. The van der Waals surface area contributed by atoms with E-state index in [2.05, 4.69) is 25.5 Å². The van der Waals surface area contributed by atoms with Crippen molar-refractivity contribution < 1.29 is 19.6 Å². The summed E-state index contributed by atoms with van der Waals surface area (Å²) in [6, 6.07) is 4.86. The number of benzene rings is 1. The van der Waals surface area contributed by atoms with Gasteiger partial charge < -0.3 is 14.8 Å². The minimum atomic E-state index is -1.59. The van der Waals surface area contributed by atoms with Gasteiger partial charge in [-0.25, -0.2) is 4.79 Å². The summed E-state index contributed by atoms with van der Waals surface area (Å²) in [6.07, 6.45) is 0.734. The standard InChI is InChI=1S/C13H19BO4/c1-13(2,3)8-9-5-10(12(15)18-4)7-11(6-9)14(16)17/h5-7,16-17H,8H2,1-4H3. The largest absolute Gasteiger partial charge is 0.488 e. The van der Waals surface area contributed by atoms with Crippen LogP contribution < -0.4 is 5.46 Å². The molecule has 18 heavy (non-hydrogen) atoms. The van der Waals surface area contributed by atoms with Crippen LogP contribution in [0.1, 0.15) is 36.7 Å². The van der Waals surface area contributed by atoms with Crippen molar-refractivity contribution in [3.8, 4) is 0 Å². The topological polar surface area (TPSA) is 66.8 Å². The minimum absolute atomic E-state index is 0.0480. The Morgan fingerprint density at radius 3 is 2.33 bits per heavy atom. The van der Waals surface area contributed by atoms with Gasteiger partial charge in [0.25, 0.3) is 0 Å². The number of carbonyl (C=O) groups is 1. The monoisotopic (exact) mass is 250 g/mol. The van der Waals surface area contributed by atoms with Gasteiger partial charge in [0, 0.05) is 0 Å². The van der Waals surface area contributed by atoms with Gasteiger partial charge in [0.2, 0.25) is 0 Å². The van der Waals surface area contributed by atoms with Gasteiger partial charge in [0.15, 0.2) is 0 Å². The molecule has 0 amide bonds. The van der Waals surface area contributed by atoms with Crippen molar-refractivity contribution in [2.45, 2.75) is 27.2 Å². The molecule has 0 spiro atoms. The summed E-state index contributed by atoms with van der Waals surface area (Å²) in [5.74, 6) is -0.479. The second-order valence-corrected chi connectivity index (χ2v) is 5.57. The Balaban J connectivity index is 3.18. The molecule has 0 heterocycles. The lowest BCUT2D eigenvalue weighted by Crippen LogP contribution is -2.31. The Morgan fingerprint density at radius 1 is 1.28 bits per heavy atom. The third kappa shape index (κ3) is 4.16. The van der Waals surface area contributed by atoms with Crippen molar-refractivity contribution in [3.63, 3.8) is 0 Å². The third-order valence-corrected chi connectivity index (χ3v) is 2.47. The van der Waals surface area contributed by atoms with Gasteiger partial charge in [-0.15, -0.1) is 0 Å². The smallest absolute Gasteiger partial charge is 0.465 e. The number of esters is 1. The van der Waals surface area contributed by atoms with Gasteiger partial charge in [-0.1, -0.05) is 26.8 Å². The maximum Gasteiger partial charge on any atom is 0.488 e. The summed E-state index contributed by atoms with van der Waals surface area (Å²) in [6.45, 7) is 6.23. The molecule has 1 aromatic carbocycles. The lowest BCUT2D eigenvalue weighted by molar-refractivity contribution is 0.0600. The molecule has 2 N–H and O–H groups in total. The predicted octanol–water partition coefficient (Wildman–Crippen LogP) is 0.742. The first-order valence-electron chi connectivity index (χ1n) is 5.81. The van der Waals surface area contributed by atoms with Crippen LogP contribution in [0, 0.1) is 5.41 Å². The number of ether oxygens (including phenoxy) is 1. The van der Waals surface area contributed by atoms with Crippen LogP contribution in [-0.4, -0.2) is 30.2 Å². The minimum Gasteiger partial charge on any atom is -0.465 e. The van der Waals surface area contributed by atoms with Crippen molar-refractivity contribution in [3.05, 3.63) is 29.3 Å². The number of hydrogen-bond donors (Lipinski definition) is 2. The Kier molecular flexibility index (Phi) is 4.54. The molecule has 5 heteroatoms. The molecule has 0 bridgehead atoms. The fourth-order valence-electron chi connectivity index (χ4n) is 1.82. The van der Waals surface area contributed by atoms with Crippen molar-refractivity contribution in [1.29, 1.82) is 0 Å². The molecule has 1 rings (SSSR count). The van der Waals surface area contributed by atoms with E-state index in [-0.39, 0.29) is 5.41 Å². The Morgan fingerprint density at radius 2 is 1.89 bits per heavy atom. The highest BCUT2D eigenvalue weighted by atomic mass is 16.5.